The van der Waals surface area contributed by atoms with Gasteiger partial charge in [0.25, 0.3) is 0 Å². The van der Waals surface area contributed by atoms with E-state index in [1.807, 2.05) is 24.4 Å². The molecule has 130 valence electrons. The minimum absolute atomic E-state index is 0.0686. The fourth-order valence-corrected chi connectivity index (χ4v) is 4.04. The average Bonchev–Trinajstić information content (AvgIpc) is 3.26. The molecular formula is C14H19N5O2S3. The Morgan fingerprint density at radius 3 is 2.83 bits per heavy atom. The molecule has 0 aliphatic rings. The van der Waals surface area contributed by atoms with Crippen LogP contribution in [0.5, 0.6) is 0 Å². The fraction of sp³-hybridized carbons (Fsp3) is 0.429. The molecule has 2 amide bonds. The summed E-state index contributed by atoms with van der Waals surface area (Å²) < 4.78 is 0.728. The van der Waals surface area contributed by atoms with E-state index in [0.717, 1.165) is 9.22 Å². The fourth-order valence-electron chi connectivity index (χ4n) is 1.79. The maximum Gasteiger partial charge on any atom is 0.239 e. The molecule has 2 rings (SSSR count). The van der Waals surface area contributed by atoms with Gasteiger partial charge in [-0.3, -0.25) is 9.59 Å². The zero-order valence-corrected chi connectivity index (χ0v) is 15.9. The van der Waals surface area contributed by atoms with E-state index < -0.39 is 0 Å². The van der Waals surface area contributed by atoms with Gasteiger partial charge in [-0.25, -0.2) is 0 Å². The van der Waals surface area contributed by atoms with Gasteiger partial charge < -0.3 is 15.5 Å². The SMILES string of the molecule is CCN(CC(=O)NCc1cccs1)C(=O)CSc1nnc(NC)s1. The van der Waals surface area contributed by atoms with Crippen molar-refractivity contribution in [3.05, 3.63) is 22.4 Å². The van der Waals surface area contributed by atoms with E-state index in [1.165, 1.54) is 28.0 Å². The summed E-state index contributed by atoms with van der Waals surface area (Å²) in [6.07, 6.45) is 0. The summed E-state index contributed by atoms with van der Waals surface area (Å²) in [7, 11) is 1.77. The lowest BCUT2D eigenvalue weighted by Gasteiger charge is -2.19. The minimum Gasteiger partial charge on any atom is -0.363 e. The van der Waals surface area contributed by atoms with Gasteiger partial charge in [0.15, 0.2) is 4.34 Å². The summed E-state index contributed by atoms with van der Waals surface area (Å²) in [6, 6.07) is 3.91. The highest BCUT2D eigenvalue weighted by Crippen LogP contribution is 2.25. The maximum absolute atomic E-state index is 12.3. The number of nitrogens with one attached hydrogen (secondary N) is 2. The number of carbonyl (C=O) groups is 2. The molecule has 2 N–H and O–H groups in total. The molecule has 0 radical (unpaired) electrons. The third kappa shape index (κ3) is 5.77. The molecule has 0 spiro atoms. The van der Waals surface area contributed by atoms with Gasteiger partial charge in [0, 0.05) is 18.5 Å². The molecule has 0 unspecified atom stereocenters. The second-order valence-corrected chi connectivity index (χ2v) is 7.91. The van der Waals surface area contributed by atoms with Gasteiger partial charge in [0.2, 0.25) is 16.9 Å². The number of aromatic nitrogens is 2. The van der Waals surface area contributed by atoms with Crippen LogP contribution in [0.2, 0.25) is 0 Å². The van der Waals surface area contributed by atoms with Gasteiger partial charge >= 0.3 is 0 Å². The number of thioether (sulfide) groups is 1. The molecule has 0 aromatic carbocycles. The molecule has 24 heavy (non-hydrogen) atoms. The molecule has 0 fully saturated rings. The van der Waals surface area contributed by atoms with Crippen molar-refractivity contribution in [2.45, 2.75) is 17.8 Å². The molecule has 0 aliphatic heterocycles. The number of hydrogen-bond acceptors (Lipinski definition) is 8. The van der Waals surface area contributed by atoms with Crippen LogP contribution in [0.3, 0.4) is 0 Å². The highest BCUT2D eigenvalue weighted by Gasteiger charge is 2.16. The summed E-state index contributed by atoms with van der Waals surface area (Å²) in [5.74, 6) is -0.00308. The van der Waals surface area contributed by atoms with Gasteiger partial charge in [0.05, 0.1) is 18.8 Å². The number of anilines is 1. The molecule has 0 saturated carbocycles. The van der Waals surface area contributed by atoms with Crippen molar-refractivity contribution in [3.63, 3.8) is 0 Å². The van der Waals surface area contributed by atoms with Crippen LogP contribution in [-0.2, 0) is 16.1 Å². The van der Waals surface area contributed by atoms with Crippen LogP contribution in [0, 0.1) is 0 Å². The third-order valence-corrected chi connectivity index (χ3v) is 5.98. The maximum atomic E-state index is 12.3. The van der Waals surface area contributed by atoms with Crippen molar-refractivity contribution in [2.24, 2.45) is 0 Å². The van der Waals surface area contributed by atoms with Crippen molar-refractivity contribution in [2.75, 3.05) is 31.2 Å². The third-order valence-electron chi connectivity index (χ3n) is 3.05. The summed E-state index contributed by atoms with van der Waals surface area (Å²) in [5.41, 5.74) is 0. The predicted molar refractivity (Wildman–Crippen MR) is 98.6 cm³/mol. The van der Waals surface area contributed by atoms with Crippen molar-refractivity contribution in [1.82, 2.24) is 20.4 Å². The Morgan fingerprint density at radius 2 is 2.21 bits per heavy atom. The van der Waals surface area contributed by atoms with Crippen LogP contribution in [0.1, 0.15) is 11.8 Å². The molecule has 10 heteroatoms. The second kappa shape index (κ2) is 9.60. The van der Waals surface area contributed by atoms with Crippen molar-refractivity contribution in [3.8, 4) is 0 Å². The van der Waals surface area contributed by atoms with Gasteiger partial charge in [0.1, 0.15) is 0 Å². The number of hydrogen-bond donors (Lipinski definition) is 2. The predicted octanol–water partition coefficient (Wildman–Crippen LogP) is 1.90. The van der Waals surface area contributed by atoms with E-state index in [9.17, 15) is 9.59 Å². The molecular weight excluding hydrogens is 366 g/mol. The lowest BCUT2D eigenvalue weighted by Crippen LogP contribution is -2.41. The molecule has 0 aliphatic carbocycles. The smallest absolute Gasteiger partial charge is 0.239 e. The van der Waals surface area contributed by atoms with Crippen LogP contribution < -0.4 is 10.6 Å². The van der Waals surface area contributed by atoms with E-state index >= 15 is 0 Å². The van der Waals surface area contributed by atoms with Crippen molar-refractivity contribution in [1.29, 1.82) is 0 Å². The Balaban J connectivity index is 1.76. The minimum atomic E-state index is -0.156. The molecule has 0 bridgehead atoms. The monoisotopic (exact) mass is 385 g/mol. The second-order valence-electron chi connectivity index (χ2n) is 4.68. The lowest BCUT2D eigenvalue weighted by atomic mass is 10.4. The molecule has 0 saturated heterocycles. The van der Waals surface area contributed by atoms with E-state index in [-0.39, 0.29) is 24.1 Å². The Kier molecular flexibility index (Phi) is 7.47. The van der Waals surface area contributed by atoms with Crippen LogP contribution in [0.4, 0.5) is 5.13 Å². The Hall–Kier alpha value is -1.65. The number of amides is 2. The van der Waals surface area contributed by atoms with E-state index in [4.69, 9.17) is 0 Å². The quantitative estimate of drug-likeness (QED) is 0.641. The Morgan fingerprint density at radius 1 is 1.38 bits per heavy atom. The largest absolute Gasteiger partial charge is 0.363 e. The first-order chi connectivity index (χ1) is 11.6. The number of carbonyl (C=O) groups excluding carboxylic acids is 2. The number of nitrogens with zero attached hydrogens (tertiary/aromatic N) is 3. The van der Waals surface area contributed by atoms with E-state index in [2.05, 4.69) is 20.8 Å². The highest BCUT2D eigenvalue weighted by molar-refractivity contribution is 8.01. The topological polar surface area (TPSA) is 87.2 Å². The van der Waals surface area contributed by atoms with Gasteiger partial charge in [-0.1, -0.05) is 29.2 Å². The van der Waals surface area contributed by atoms with Gasteiger partial charge in [-0.15, -0.1) is 21.5 Å². The van der Waals surface area contributed by atoms with E-state index in [0.29, 0.717) is 18.2 Å². The first kappa shape index (κ1) is 18.7. The Labute approximate surface area is 152 Å². The lowest BCUT2D eigenvalue weighted by molar-refractivity contribution is -0.133. The Bertz CT molecular complexity index is 659. The summed E-state index contributed by atoms with van der Waals surface area (Å²) in [5, 5.41) is 16.3. The molecule has 0 atom stereocenters. The molecule has 2 aromatic rings. The zero-order valence-electron chi connectivity index (χ0n) is 13.4. The van der Waals surface area contributed by atoms with Gasteiger partial charge in [-0.05, 0) is 18.4 Å². The first-order valence-electron chi connectivity index (χ1n) is 7.33. The number of thiophene rings is 1. The number of likely N-dealkylation sites (N-methyl/N-ethyl adjacent to an activating group) is 1. The summed E-state index contributed by atoms with van der Waals surface area (Å²) in [4.78, 5) is 26.9. The van der Waals surface area contributed by atoms with Crippen molar-refractivity contribution >= 4 is 51.4 Å². The van der Waals surface area contributed by atoms with Gasteiger partial charge in [-0.2, -0.15) is 0 Å². The van der Waals surface area contributed by atoms with Crippen LogP contribution in [0.15, 0.2) is 21.9 Å². The normalized spacial score (nSPS) is 10.4. The summed E-state index contributed by atoms with van der Waals surface area (Å²) in [6.45, 7) is 2.91. The van der Waals surface area contributed by atoms with Crippen LogP contribution in [-0.4, -0.2) is 52.8 Å². The van der Waals surface area contributed by atoms with E-state index in [1.54, 1.807) is 18.4 Å². The molecule has 7 nitrogen and oxygen atoms in total. The highest BCUT2D eigenvalue weighted by atomic mass is 32.2. The number of rotatable bonds is 9. The average molecular weight is 386 g/mol. The molecule has 2 aromatic heterocycles. The summed E-state index contributed by atoms with van der Waals surface area (Å²) >= 11 is 4.32. The van der Waals surface area contributed by atoms with Crippen LogP contribution in [0.25, 0.3) is 0 Å². The zero-order chi connectivity index (χ0) is 17.4. The molecule has 2 heterocycles. The standard InChI is InChI=1S/C14H19N5O2S3/c1-3-19(8-11(20)16-7-10-5-4-6-22-10)12(21)9-23-14-18-17-13(15-2)24-14/h4-6H,3,7-9H2,1-2H3,(H,15,17)(H,16,20). The van der Waals surface area contributed by atoms with Crippen molar-refractivity contribution < 1.29 is 9.59 Å². The van der Waals surface area contributed by atoms with Crippen LogP contribution >= 0.6 is 34.4 Å². The first-order valence-corrected chi connectivity index (χ1v) is 10.0.